The fourth-order valence-electron chi connectivity index (χ4n) is 1.38. The Morgan fingerprint density at radius 3 is 2.53 bits per heavy atom. The molecule has 0 aliphatic carbocycles. The Morgan fingerprint density at radius 2 is 1.95 bits per heavy atom. The number of esters is 1. The first-order valence-corrected chi connectivity index (χ1v) is 7.31. The van der Waals surface area contributed by atoms with E-state index < -0.39 is 38.9 Å². The molecule has 0 atom stereocenters. The third-order valence-corrected chi connectivity index (χ3v) is 3.52. The van der Waals surface area contributed by atoms with Crippen molar-refractivity contribution in [3.63, 3.8) is 0 Å². The quantitative estimate of drug-likeness (QED) is 0.576. The summed E-state index contributed by atoms with van der Waals surface area (Å²) in [5.74, 6) is -4.01. The lowest BCUT2D eigenvalue weighted by molar-refractivity contribution is -0.139. The van der Waals surface area contributed by atoms with Crippen LogP contribution in [0.4, 0.5) is 4.39 Å². The summed E-state index contributed by atoms with van der Waals surface area (Å²) in [6.45, 7) is 1.61. The summed E-state index contributed by atoms with van der Waals surface area (Å²) in [5, 5.41) is 0. The second-order valence-electron chi connectivity index (χ2n) is 3.77. The van der Waals surface area contributed by atoms with Gasteiger partial charge in [0.15, 0.2) is 15.6 Å². The fraction of sp³-hybridized carbons (Fsp3) is 0.333. The largest absolute Gasteiger partial charge is 0.465 e. The SMILES string of the molecule is CCOC(=O)CS(=O)(=O)CC(=O)c1cccc(F)c1. The second-order valence-corrected chi connectivity index (χ2v) is 5.84. The molecule has 0 unspecified atom stereocenters. The van der Waals surface area contributed by atoms with Gasteiger partial charge in [0, 0.05) is 5.56 Å². The molecule has 0 bridgehead atoms. The van der Waals surface area contributed by atoms with Gasteiger partial charge in [0.25, 0.3) is 0 Å². The number of ether oxygens (including phenoxy) is 1. The summed E-state index contributed by atoms with van der Waals surface area (Å²) < 4.78 is 40.5. The maximum Gasteiger partial charge on any atom is 0.321 e. The third-order valence-electron chi connectivity index (χ3n) is 2.14. The third kappa shape index (κ3) is 5.17. The number of ketones is 1. The van der Waals surface area contributed by atoms with Gasteiger partial charge >= 0.3 is 5.97 Å². The zero-order chi connectivity index (χ0) is 14.5. The second kappa shape index (κ2) is 6.42. The summed E-state index contributed by atoms with van der Waals surface area (Å²) in [5.41, 5.74) is -0.0487. The van der Waals surface area contributed by atoms with E-state index >= 15 is 0 Å². The average Bonchev–Trinajstić information content (AvgIpc) is 2.27. The summed E-state index contributed by atoms with van der Waals surface area (Å²) in [6.07, 6.45) is 0. The lowest BCUT2D eigenvalue weighted by Gasteiger charge is -2.04. The molecule has 7 heteroatoms. The van der Waals surface area contributed by atoms with Crippen LogP contribution in [0.5, 0.6) is 0 Å². The summed E-state index contributed by atoms with van der Waals surface area (Å²) in [6, 6.07) is 4.71. The van der Waals surface area contributed by atoms with Crippen molar-refractivity contribution in [2.75, 3.05) is 18.1 Å². The average molecular weight is 288 g/mol. The first kappa shape index (κ1) is 15.3. The van der Waals surface area contributed by atoms with Crippen LogP contribution in [0.2, 0.25) is 0 Å². The van der Waals surface area contributed by atoms with E-state index in [4.69, 9.17) is 0 Å². The summed E-state index contributed by atoms with van der Waals surface area (Å²) in [7, 11) is -3.91. The van der Waals surface area contributed by atoms with Crippen LogP contribution in [0, 0.1) is 5.82 Å². The van der Waals surface area contributed by atoms with Crippen molar-refractivity contribution in [3.8, 4) is 0 Å². The lowest BCUT2D eigenvalue weighted by atomic mass is 10.1. The Morgan fingerprint density at radius 1 is 1.26 bits per heavy atom. The Balaban J connectivity index is 2.73. The lowest BCUT2D eigenvalue weighted by Crippen LogP contribution is -2.25. The molecule has 104 valence electrons. The molecule has 0 aromatic heterocycles. The number of hydrogen-bond acceptors (Lipinski definition) is 5. The first-order chi connectivity index (χ1) is 8.84. The molecule has 0 aliphatic rings. The molecule has 1 aromatic carbocycles. The maximum atomic E-state index is 12.9. The van der Waals surface area contributed by atoms with E-state index in [0.29, 0.717) is 0 Å². The molecule has 0 saturated heterocycles. The number of hydrogen-bond donors (Lipinski definition) is 0. The van der Waals surface area contributed by atoms with Crippen LogP contribution >= 0.6 is 0 Å². The highest BCUT2D eigenvalue weighted by Gasteiger charge is 2.22. The minimum absolute atomic E-state index is 0.0487. The summed E-state index contributed by atoms with van der Waals surface area (Å²) in [4.78, 5) is 22.7. The van der Waals surface area contributed by atoms with Gasteiger partial charge in [-0.2, -0.15) is 0 Å². The van der Waals surface area contributed by atoms with Crippen molar-refractivity contribution in [1.82, 2.24) is 0 Å². The van der Waals surface area contributed by atoms with Crippen molar-refractivity contribution in [3.05, 3.63) is 35.6 Å². The number of sulfone groups is 1. The zero-order valence-electron chi connectivity index (χ0n) is 10.3. The highest BCUT2D eigenvalue weighted by Crippen LogP contribution is 2.06. The number of halogens is 1. The molecule has 0 aliphatic heterocycles. The van der Waals surface area contributed by atoms with E-state index in [1.54, 1.807) is 6.92 Å². The number of carbonyl (C=O) groups is 2. The van der Waals surface area contributed by atoms with Crippen LogP contribution in [0.1, 0.15) is 17.3 Å². The standard InChI is InChI=1S/C12H13FO5S/c1-2-18-12(15)8-19(16,17)7-11(14)9-4-3-5-10(13)6-9/h3-6H,2,7-8H2,1H3. The van der Waals surface area contributed by atoms with Gasteiger partial charge in [-0.15, -0.1) is 0 Å². The molecule has 1 rings (SSSR count). The molecule has 0 spiro atoms. The van der Waals surface area contributed by atoms with E-state index in [1.807, 2.05) is 0 Å². The number of benzene rings is 1. The monoisotopic (exact) mass is 288 g/mol. The predicted molar refractivity (Wildman–Crippen MR) is 66.0 cm³/mol. The maximum absolute atomic E-state index is 12.9. The van der Waals surface area contributed by atoms with Gasteiger partial charge in [-0.1, -0.05) is 12.1 Å². The highest BCUT2D eigenvalue weighted by molar-refractivity contribution is 7.92. The predicted octanol–water partition coefficient (Wildman–Crippen LogP) is 0.986. The minimum Gasteiger partial charge on any atom is -0.465 e. The molecular formula is C12H13FO5S. The first-order valence-electron chi connectivity index (χ1n) is 5.49. The van der Waals surface area contributed by atoms with Crippen molar-refractivity contribution < 1.29 is 27.1 Å². The van der Waals surface area contributed by atoms with Gasteiger partial charge in [-0.25, -0.2) is 12.8 Å². The van der Waals surface area contributed by atoms with Crippen LogP contribution in [0.15, 0.2) is 24.3 Å². The van der Waals surface area contributed by atoms with Crippen LogP contribution in [-0.2, 0) is 19.4 Å². The smallest absolute Gasteiger partial charge is 0.321 e. The Hall–Kier alpha value is -1.76. The van der Waals surface area contributed by atoms with Crippen LogP contribution in [-0.4, -0.2) is 38.3 Å². The minimum atomic E-state index is -3.91. The van der Waals surface area contributed by atoms with E-state index in [-0.39, 0.29) is 12.2 Å². The van der Waals surface area contributed by atoms with Gasteiger partial charge in [0.1, 0.15) is 17.3 Å². The molecule has 0 N–H and O–H groups in total. The van der Waals surface area contributed by atoms with Crippen LogP contribution in [0.25, 0.3) is 0 Å². The van der Waals surface area contributed by atoms with Gasteiger partial charge in [-0.3, -0.25) is 9.59 Å². The van der Waals surface area contributed by atoms with Crippen molar-refractivity contribution in [2.24, 2.45) is 0 Å². The van der Waals surface area contributed by atoms with E-state index in [9.17, 15) is 22.4 Å². The molecule has 0 radical (unpaired) electrons. The number of carbonyl (C=O) groups excluding carboxylic acids is 2. The molecule has 19 heavy (non-hydrogen) atoms. The molecule has 0 heterocycles. The van der Waals surface area contributed by atoms with E-state index in [2.05, 4.69) is 4.74 Å². The van der Waals surface area contributed by atoms with Crippen molar-refractivity contribution in [1.29, 1.82) is 0 Å². The Bertz CT molecular complexity index is 580. The molecule has 5 nitrogen and oxygen atoms in total. The topological polar surface area (TPSA) is 77.5 Å². The van der Waals surface area contributed by atoms with Gasteiger partial charge in [0.05, 0.1) is 6.61 Å². The highest BCUT2D eigenvalue weighted by atomic mass is 32.2. The van der Waals surface area contributed by atoms with Crippen molar-refractivity contribution >= 4 is 21.6 Å². The molecule has 0 fully saturated rings. The normalized spacial score (nSPS) is 11.1. The number of Topliss-reactive ketones (excluding diaryl/α,β-unsaturated/α-hetero) is 1. The Labute approximate surface area is 110 Å². The van der Waals surface area contributed by atoms with Crippen molar-refractivity contribution in [2.45, 2.75) is 6.92 Å². The van der Waals surface area contributed by atoms with Gasteiger partial charge in [0.2, 0.25) is 0 Å². The zero-order valence-corrected chi connectivity index (χ0v) is 11.1. The van der Waals surface area contributed by atoms with E-state index in [1.165, 1.54) is 12.1 Å². The fourth-order valence-corrected chi connectivity index (χ4v) is 2.49. The van der Waals surface area contributed by atoms with Gasteiger partial charge < -0.3 is 4.74 Å². The van der Waals surface area contributed by atoms with Gasteiger partial charge in [-0.05, 0) is 19.1 Å². The molecular weight excluding hydrogens is 275 g/mol. The molecule has 0 amide bonds. The number of rotatable bonds is 6. The molecule has 0 saturated carbocycles. The molecule has 1 aromatic rings. The Kier molecular flexibility index (Phi) is 5.17. The summed E-state index contributed by atoms with van der Waals surface area (Å²) >= 11 is 0. The van der Waals surface area contributed by atoms with Crippen LogP contribution in [0.3, 0.4) is 0 Å². The van der Waals surface area contributed by atoms with Crippen LogP contribution < -0.4 is 0 Å². The van der Waals surface area contributed by atoms with E-state index in [0.717, 1.165) is 12.1 Å².